The van der Waals surface area contributed by atoms with Gasteiger partial charge < -0.3 is 5.32 Å². The Labute approximate surface area is 237 Å². The van der Waals surface area contributed by atoms with Gasteiger partial charge in [0.2, 0.25) is 0 Å². The summed E-state index contributed by atoms with van der Waals surface area (Å²) in [5, 5.41) is 4.12. The van der Waals surface area contributed by atoms with Crippen molar-refractivity contribution in [3.05, 3.63) is 130 Å². The van der Waals surface area contributed by atoms with Gasteiger partial charge in [0.25, 0.3) is 15.9 Å². The molecule has 0 saturated heterocycles. The quantitative estimate of drug-likeness (QED) is 0.192. The molecule has 4 aromatic carbocycles. The van der Waals surface area contributed by atoms with Crippen LogP contribution in [0.5, 0.6) is 0 Å². The Morgan fingerprint density at radius 1 is 0.842 bits per heavy atom. The summed E-state index contributed by atoms with van der Waals surface area (Å²) in [6.45, 7) is 0.493. The molecule has 5 nitrogen and oxygen atoms in total. The fourth-order valence-electron chi connectivity index (χ4n) is 3.80. The summed E-state index contributed by atoms with van der Waals surface area (Å²) in [7, 11) is -3.95. The second-order valence-corrected chi connectivity index (χ2v) is 12.2. The van der Waals surface area contributed by atoms with Crippen molar-refractivity contribution in [3.8, 4) is 0 Å². The fraction of sp³-hybridized carbons (Fsp3) is 0.138. The highest BCUT2D eigenvalue weighted by Gasteiger charge is 2.28. The van der Waals surface area contributed by atoms with E-state index < -0.39 is 10.0 Å². The number of hydrogen-bond donors (Lipinski definition) is 1. The van der Waals surface area contributed by atoms with Gasteiger partial charge in [0, 0.05) is 28.1 Å². The zero-order chi connectivity index (χ0) is 27.0. The van der Waals surface area contributed by atoms with E-state index in [1.165, 1.54) is 4.31 Å². The van der Waals surface area contributed by atoms with Gasteiger partial charge in [-0.2, -0.15) is 11.8 Å². The van der Waals surface area contributed by atoms with Gasteiger partial charge in [0.15, 0.2) is 0 Å². The summed E-state index contributed by atoms with van der Waals surface area (Å²) in [4.78, 5) is 13.4. The summed E-state index contributed by atoms with van der Waals surface area (Å²) < 4.78 is 28.8. The predicted octanol–water partition coefficient (Wildman–Crippen LogP) is 7.05. The molecule has 4 aromatic rings. The number of benzene rings is 4. The van der Waals surface area contributed by atoms with Crippen molar-refractivity contribution in [2.75, 3.05) is 16.6 Å². The Morgan fingerprint density at radius 3 is 2.21 bits per heavy atom. The Balaban J connectivity index is 1.51. The van der Waals surface area contributed by atoms with E-state index >= 15 is 0 Å². The maximum atomic E-state index is 13.8. The van der Waals surface area contributed by atoms with E-state index in [2.05, 4.69) is 5.32 Å². The van der Waals surface area contributed by atoms with Crippen molar-refractivity contribution in [1.82, 2.24) is 5.32 Å². The first-order valence-corrected chi connectivity index (χ1v) is 15.2. The van der Waals surface area contributed by atoms with Gasteiger partial charge in [-0.05, 0) is 47.5 Å². The van der Waals surface area contributed by atoms with Crippen molar-refractivity contribution in [3.63, 3.8) is 0 Å². The van der Waals surface area contributed by atoms with Crippen molar-refractivity contribution in [1.29, 1.82) is 0 Å². The van der Waals surface area contributed by atoms with Gasteiger partial charge in [-0.1, -0.05) is 89.9 Å². The molecule has 1 amide bonds. The lowest BCUT2D eigenvalue weighted by molar-refractivity contribution is 0.0957. The average molecular weight is 586 g/mol. The SMILES string of the molecule is O=C(NCCSCc1ccc(Cl)cc1Cl)c1ccccc1N(Cc1ccccc1)S(=O)(=O)c1ccccc1. The van der Waals surface area contributed by atoms with Crippen LogP contribution in [0.15, 0.2) is 108 Å². The number of para-hydroxylation sites is 1. The van der Waals surface area contributed by atoms with Crippen LogP contribution in [0.1, 0.15) is 21.5 Å². The molecule has 0 aromatic heterocycles. The number of rotatable bonds is 11. The first kappa shape index (κ1) is 28.0. The summed E-state index contributed by atoms with van der Waals surface area (Å²) in [5.74, 6) is 0.998. The second kappa shape index (κ2) is 13.2. The molecule has 0 fully saturated rings. The zero-order valence-electron chi connectivity index (χ0n) is 20.4. The molecule has 0 bridgehead atoms. The van der Waals surface area contributed by atoms with Gasteiger partial charge >= 0.3 is 0 Å². The molecule has 0 spiro atoms. The molecular weight excluding hydrogens is 559 g/mol. The summed E-state index contributed by atoms with van der Waals surface area (Å²) >= 11 is 13.8. The van der Waals surface area contributed by atoms with E-state index in [1.807, 2.05) is 36.4 Å². The topological polar surface area (TPSA) is 66.5 Å². The van der Waals surface area contributed by atoms with Crippen molar-refractivity contribution in [2.24, 2.45) is 0 Å². The summed E-state index contributed by atoms with van der Waals surface area (Å²) in [6, 6.07) is 29.7. The Kier molecular flexibility index (Phi) is 9.74. The predicted molar refractivity (Wildman–Crippen MR) is 158 cm³/mol. The molecule has 38 heavy (non-hydrogen) atoms. The Hall–Kier alpha value is -2.97. The number of anilines is 1. The minimum atomic E-state index is -3.95. The van der Waals surface area contributed by atoms with E-state index in [-0.39, 0.29) is 22.9 Å². The molecule has 0 heterocycles. The van der Waals surface area contributed by atoms with Crippen molar-refractivity contribution in [2.45, 2.75) is 17.2 Å². The maximum absolute atomic E-state index is 13.8. The van der Waals surface area contributed by atoms with Crippen molar-refractivity contribution >= 4 is 56.6 Å². The van der Waals surface area contributed by atoms with Crippen LogP contribution in [0, 0.1) is 0 Å². The minimum absolute atomic E-state index is 0.0834. The van der Waals surface area contributed by atoms with Gasteiger partial charge in [-0.25, -0.2) is 8.42 Å². The minimum Gasteiger partial charge on any atom is -0.351 e. The summed E-state index contributed by atoms with van der Waals surface area (Å²) in [5.41, 5.74) is 2.38. The van der Waals surface area contributed by atoms with Gasteiger partial charge in [-0.3, -0.25) is 9.10 Å². The van der Waals surface area contributed by atoms with Crippen LogP contribution >= 0.6 is 35.0 Å². The standard InChI is InChI=1S/C29H26Cl2N2O3S2/c30-24-16-15-23(27(31)19-24)21-37-18-17-32-29(34)26-13-7-8-14-28(26)33(20-22-9-3-1-4-10-22)38(35,36)25-11-5-2-6-12-25/h1-16,19H,17-18,20-21H2,(H,32,34). The number of nitrogens with one attached hydrogen (secondary N) is 1. The van der Waals surface area contributed by atoms with Crippen LogP contribution in [0.25, 0.3) is 0 Å². The third kappa shape index (κ3) is 7.11. The molecule has 0 aliphatic heterocycles. The highest BCUT2D eigenvalue weighted by Crippen LogP contribution is 2.29. The summed E-state index contributed by atoms with van der Waals surface area (Å²) in [6.07, 6.45) is 0. The first-order chi connectivity index (χ1) is 18.4. The van der Waals surface area contributed by atoms with Crippen LogP contribution in [-0.4, -0.2) is 26.6 Å². The first-order valence-electron chi connectivity index (χ1n) is 11.9. The maximum Gasteiger partial charge on any atom is 0.264 e. The third-order valence-electron chi connectivity index (χ3n) is 5.72. The van der Waals surface area contributed by atoms with Gasteiger partial charge in [0.05, 0.1) is 22.7 Å². The molecule has 0 saturated carbocycles. The Bertz CT molecular complexity index is 1480. The highest BCUT2D eigenvalue weighted by molar-refractivity contribution is 7.98. The number of carbonyl (C=O) groups excluding carboxylic acids is 1. The van der Waals surface area contributed by atoms with E-state index in [4.69, 9.17) is 23.2 Å². The lowest BCUT2D eigenvalue weighted by atomic mass is 10.1. The van der Waals surface area contributed by atoms with E-state index in [1.54, 1.807) is 78.5 Å². The monoisotopic (exact) mass is 584 g/mol. The number of carbonyl (C=O) groups is 1. The van der Waals surface area contributed by atoms with Crippen LogP contribution in [0.2, 0.25) is 10.0 Å². The number of nitrogens with zero attached hydrogens (tertiary/aromatic N) is 1. The molecule has 0 unspecified atom stereocenters. The number of halogens is 2. The molecule has 1 N–H and O–H groups in total. The van der Waals surface area contributed by atoms with Gasteiger partial charge in [0.1, 0.15) is 0 Å². The highest BCUT2D eigenvalue weighted by atomic mass is 35.5. The number of amides is 1. The molecule has 0 atom stereocenters. The molecule has 0 radical (unpaired) electrons. The molecular formula is C29H26Cl2N2O3S2. The van der Waals surface area contributed by atoms with Crippen LogP contribution in [-0.2, 0) is 22.3 Å². The molecule has 4 rings (SSSR count). The normalized spacial score (nSPS) is 11.2. The van der Waals surface area contributed by atoms with Crippen LogP contribution in [0.3, 0.4) is 0 Å². The molecule has 0 aliphatic rings. The van der Waals surface area contributed by atoms with Crippen LogP contribution < -0.4 is 9.62 Å². The molecule has 196 valence electrons. The Morgan fingerprint density at radius 2 is 1.50 bits per heavy atom. The fourth-order valence-corrected chi connectivity index (χ4v) is 6.71. The second-order valence-electron chi connectivity index (χ2n) is 8.37. The van der Waals surface area contributed by atoms with E-state index in [0.717, 1.165) is 11.1 Å². The van der Waals surface area contributed by atoms with Gasteiger partial charge in [-0.15, -0.1) is 0 Å². The van der Waals surface area contributed by atoms with Crippen molar-refractivity contribution < 1.29 is 13.2 Å². The third-order valence-corrected chi connectivity index (χ3v) is 9.09. The number of hydrogen-bond acceptors (Lipinski definition) is 4. The molecule has 0 aliphatic carbocycles. The lowest BCUT2D eigenvalue weighted by Crippen LogP contribution is -2.34. The number of thioether (sulfide) groups is 1. The molecule has 9 heteroatoms. The van der Waals surface area contributed by atoms with E-state index in [9.17, 15) is 13.2 Å². The van der Waals surface area contributed by atoms with E-state index in [0.29, 0.717) is 33.8 Å². The average Bonchev–Trinajstić information content (AvgIpc) is 2.93. The zero-order valence-corrected chi connectivity index (χ0v) is 23.5. The van der Waals surface area contributed by atoms with Crippen LogP contribution in [0.4, 0.5) is 5.69 Å². The lowest BCUT2D eigenvalue weighted by Gasteiger charge is -2.26. The smallest absolute Gasteiger partial charge is 0.264 e. The largest absolute Gasteiger partial charge is 0.351 e. The number of sulfonamides is 1.